The number of rotatable bonds is 5. The summed E-state index contributed by atoms with van der Waals surface area (Å²) < 4.78 is 2.11. The average molecular weight is 312 g/mol. The zero-order valence-electron chi connectivity index (χ0n) is 12.4. The van der Waals surface area contributed by atoms with Crippen LogP contribution in [0.3, 0.4) is 0 Å². The van der Waals surface area contributed by atoms with Crippen LogP contribution in [0.2, 0.25) is 5.02 Å². The smallest absolute Gasteiger partial charge is 0.0755 e. The van der Waals surface area contributed by atoms with E-state index in [2.05, 4.69) is 27.0 Å². The molecule has 1 atom stereocenters. The highest BCUT2D eigenvalue weighted by atomic mass is 35.5. The number of nitrogens with zero attached hydrogens (tertiary/aromatic N) is 2. The Morgan fingerprint density at radius 3 is 2.73 bits per heavy atom. The molecule has 3 aromatic rings. The average Bonchev–Trinajstić information content (AvgIpc) is 2.94. The van der Waals surface area contributed by atoms with E-state index in [1.165, 1.54) is 5.69 Å². The molecule has 1 aromatic carbocycles. The summed E-state index contributed by atoms with van der Waals surface area (Å²) >= 11 is 6.15. The van der Waals surface area contributed by atoms with Crippen molar-refractivity contribution in [2.24, 2.45) is 7.05 Å². The van der Waals surface area contributed by atoms with Crippen molar-refractivity contribution in [1.82, 2.24) is 14.9 Å². The molecule has 0 radical (unpaired) electrons. The molecule has 0 aliphatic heterocycles. The first-order valence-electron chi connectivity index (χ1n) is 7.24. The molecule has 4 heteroatoms. The van der Waals surface area contributed by atoms with E-state index in [1.807, 2.05) is 61.9 Å². The van der Waals surface area contributed by atoms with Crippen molar-refractivity contribution in [1.29, 1.82) is 0 Å². The molecule has 112 valence electrons. The van der Waals surface area contributed by atoms with Gasteiger partial charge < -0.3 is 4.57 Å². The number of halogens is 1. The molecule has 2 heterocycles. The summed E-state index contributed by atoms with van der Waals surface area (Å²) in [7, 11) is 2.05. The lowest BCUT2D eigenvalue weighted by Crippen LogP contribution is -2.23. The molecule has 0 spiro atoms. The van der Waals surface area contributed by atoms with Gasteiger partial charge in [-0.1, -0.05) is 29.8 Å². The highest BCUT2D eigenvalue weighted by Crippen LogP contribution is 2.23. The number of benzene rings is 1. The summed E-state index contributed by atoms with van der Waals surface area (Å²) in [6.07, 6.45) is 3.86. The Hall–Kier alpha value is -2.10. The Morgan fingerprint density at radius 1 is 1.14 bits per heavy atom. The first-order valence-corrected chi connectivity index (χ1v) is 7.62. The van der Waals surface area contributed by atoms with Crippen LogP contribution in [0, 0.1) is 0 Å². The lowest BCUT2D eigenvalue weighted by molar-refractivity contribution is 0.573. The van der Waals surface area contributed by atoms with E-state index >= 15 is 0 Å². The summed E-state index contributed by atoms with van der Waals surface area (Å²) in [5.74, 6) is 0. The predicted octanol–water partition coefficient (Wildman–Crippen LogP) is 3.95. The van der Waals surface area contributed by atoms with Crippen LogP contribution in [0.1, 0.15) is 23.0 Å². The molecule has 0 bridgehead atoms. The summed E-state index contributed by atoms with van der Waals surface area (Å²) in [5, 5.41) is 4.32. The molecule has 0 saturated heterocycles. The quantitative estimate of drug-likeness (QED) is 0.773. The molecule has 22 heavy (non-hydrogen) atoms. The Labute approximate surface area is 135 Å². The van der Waals surface area contributed by atoms with Gasteiger partial charge in [0.1, 0.15) is 0 Å². The fourth-order valence-electron chi connectivity index (χ4n) is 2.51. The van der Waals surface area contributed by atoms with Gasteiger partial charge in [-0.3, -0.25) is 10.3 Å². The lowest BCUT2D eigenvalue weighted by atomic mass is 10.0. The molecule has 1 N–H and O–H groups in total. The second-order valence-electron chi connectivity index (χ2n) is 5.23. The monoisotopic (exact) mass is 311 g/mol. The van der Waals surface area contributed by atoms with Crippen LogP contribution in [0.5, 0.6) is 0 Å². The minimum absolute atomic E-state index is 0.00907. The molecule has 1 unspecified atom stereocenters. The number of hydrogen-bond acceptors (Lipinski definition) is 2. The van der Waals surface area contributed by atoms with Crippen molar-refractivity contribution in [2.75, 3.05) is 0 Å². The highest BCUT2D eigenvalue weighted by molar-refractivity contribution is 6.30. The third kappa shape index (κ3) is 3.38. The van der Waals surface area contributed by atoms with Gasteiger partial charge in [0.15, 0.2) is 0 Å². The number of aromatic nitrogens is 2. The molecule has 0 amide bonds. The second-order valence-corrected chi connectivity index (χ2v) is 5.67. The first kappa shape index (κ1) is 14.8. The van der Waals surface area contributed by atoms with E-state index in [1.54, 1.807) is 0 Å². The maximum absolute atomic E-state index is 6.15. The van der Waals surface area contributed by atoms with Crippen LogP contribution < -0.4 is 5.32 Å². The normalized spacial score (nSPS) is 12.3. The molecule has 3 rings (SSSR count). The van der Waals surface area contributed by atoms with Crippen LogP contribution in [0.25, 0.3) is 0 Å². The Balaban J connectivity index is 1.88. The van der Waals surface area contributed by atoms with Gasteiger partial charge in [0.25, 0.3) is 0 Å². The van der Waals surface area contributed by atoms with Gasteiger partial charge in [-0.15, -0.1) is 0 Å². The summed E-state index contributed by atoms with van der Waals surface area (Å²) in [6, 6.07) is 18.0. The van der Waals surface area contributed by atoms with Crippen molar-refractivity contribution in [3.05, 3.63) is 89.0 Å². The van der Waals surface area contributed by atoms with Gasteiger partial charge in [0, 0.05) is 36.7 Å². The van der Waals surface area contributed by atoms with Crippen LogP contribution in [-0.4, -0.2) is 9.55 Å². The van der Waals surface area contributed by atoms with E-state index in [0.717, 1.165) is 22.8 Å². The molecule has 0 saturated carbocycles. The third-order valence-corrected chi connectivity index (χ3v) is 3.94. The van der Waals surface area contributed by atoms with Crippen molar-refractivity contribution >= 4 is 11.6 Å². The second kappa shape index (κ2) is 6.77. The standard InChI is InChI=1S/C18H18ClN3/c1-22-11-5-8-16(22)13-21-18(17-9-2-3-10-20-17)14-6-4-7-15(19)12-14/h2-12,18,21H,13H2,1H3. The molecule has 3 nitrogen and oxygen atoms in total. The third-order valence-electron chi connectivity index (χ3n) is 3.70. The molecule has 0 aliphatic rings. The maximum atomic E-state index is 6.15. The highest BCUT2D eigenvalue weighted by Gasteiger charge is 2.15. The van der Waals surface area contributed by atoms with Gasteiger partial charge in [-0.05, 0) is 42.0 Å². The summed E-state index contributed by atoms with van der Waals surface area (Å²) in [6.45, 7) is 0.761. The lowest BCUT2D eigenvalue weighted by Gasteiger charge is -2.19. The van der Waals surface area contributed by atoms with E-state index in [-0.39, 0.29) is 6.04 Å². The predicted molar refractivity (Wildman–Crippen MR) is 89.8 cm³/mol. The van der Waals surface area contributed by atoms with E-state index < -0.39 is 0 Å². The molecule has 0 fully saturated rings. The van der Waals surface area contributed by atoms with Gasteiger partial charge in [0.05, 0.1) is 11.7 Å². The number of aryl methyl sites for hydroxylation is 1. The van der Waals surface area contributed by atoms with Crippen LogP contribution in [0.4, 0.5) is 0 Å². The van der Waals surface area contributed by atoms with Crippen LogP contribution in [0.15, 0.2) is 67.0 Å². The topological polar surface area (TPSA) is 29.9 Å². The van der Waals surface area contributed by atoms with Crippen molar-refractivity contribution in [3.8, 4) is 0 Å². The molecule has 0 aliphatic carbocycles. The van der Waals surface area contributed by atoms with Gasteiger partial charge >= 0.3 is 0 Å². The largest absolute Gasteiger partial charge is 0.353 e. The SMILES string of the molecule is Cn1cccc1CNC(c1cccc(Cl)c1)c1ccccn1. The van der Waals surface area contributed by atoms with Gasteiger partial charge in [-0.2, -0.15) is 0 Å². The fraction of sp³-hybridized carbons (Fsp3) is 0.167. The van der Waals surface area contributed by atoms with Crippen molar-refractivity contribution in [2.45, 2.75) is 12.6 Å². The fourth-order valence-corrected chi connectivity index (χ4v) is 2.71. The molecule has 2 aromatic heterocycles. The van der Waals surface area contributed by atoms with Crippen LogP contribution in [-0.2, 0) is 13.6 Å². The minimum atomic E-state index is 0.00907. The Kier molecular flexibility index (Phi) is 4.56. The summed E-state index contributed by atoms with van der Waals surface area (Å²) in [4.78, 5) is 4.50. The molecular formula is C18H18ClN3. The van der Waals surface area contributed by atoms with E-state index in [0.29, 0.717) is 0 Å². The van der Waals surface area contributed by atoms with Crippen LogP contribution >= 0.6 is 11.6 Å². The van der Waals surface area contributed by atoms with Gasteiger partial charge in [-0.25, -0.2) is 0 Å². The van der Waals surface area contributed by atoms with Crippen molar-refractivity contribution < 1.29 is 0 Å². The van der Waals surface area contributed by atoms with E-state index in [4.69, 9.17) is 11.6 Å². The zero-order chi connectivity index (χ0) is 15.4. The first-order chi connectivity index (χ1) is 10.7. The number of pyridine rings is 1. The zero-order valence-corrected chi connectivity index (χ0v) is 13.2. The number of hydrogen-bond donors (Lipinski definition) is 1. The van der Waals surface area contributed by atoms with E-state index in [9.17, 15) is 0 Å². The minimum Gasteiger partial charge on any atom is -0.353 e. The Morgan fingerprint density at radius 2 is 2.05 bits per heavy atom. The van der Waals surface area contributed by atoms with Gasteiger partial charge in [0.2, 0.25) is 0 Å². The van der Waals surface area contributed by atoms with Crippen molar-refractivity contribution in [3.63, 3.8) is 0 Å². The maximum Gasteiger partial charge on any atom is 0.0755 e. The Bertz CT molecular complexity index is 737. The molecular weight excluding hydrogens is 294 g/mol. The summed E-state index contributed by atoms with van der Waals surface area (Å²) in [5.41, 5.74) is 3.32. The number of nitrogens with one attached hydrogen (secondary N) is 1.